The first-order valence-electron chi connectivity index (χ1n) is 10.2. The number of halogens is 1. The van der Waals surface area contributed by atoms with Gasteiger partial charge in [-0.2, -0.15) is 5.10 Å². The molecule has 3 heterocycles. The van der Waals surface area contributed by atoms with Crippen LogP contribution in [-0.2, 0) is 14.3 Å². The lowest BCUT2D eigenvalue weighted by molar-refractivity contribution is -0.140. The molecule has 8 nitrogen and oxygen atoms in total. The van der Waals surface area contributed by atoms with Gasteiger partial charge in [0.15, 0.2) is 0 Å². The van der Waals surface area contributed by atoms with Gasteiger partial charge in [0.25, 0.3) is 11.7 Å². The number of ether oxygens (including phenoxy) is 1. The summed E-state index contributed by atoms with van der Waals surface area (Å²) in [6.45, 7) is 7.34. The maximum atomic E-state index is 13.1. The third-order valence-corrected chi connectivity index (χ3v) is 6.10. The summed E-state index contributed by atoms with van der Waals surface area (Å²) in [4.78, 5) is 29.8. The van der Waals surface area contributed by atoms with E-state index in [-0.39, 0.29) is 11.3 Å². The van der Waals surface area contributed by atoms with E-state index in [1.54, 1.807) is 38.1 Å². The Morgan fingerprint density at radius 3 is 2.48 bits per heavy atom. The van der Waals surface area contributed by atoms with Gasteiger partial charge in [0.2, 0.25) is 0 Å². The van der Waals surface area contributed by atoms with Crippen LogP contribution < -0.4 is 0 Å². The lowest BCUT2D eigenvalue weighted by atomic mass is 9.95. The van der Waals surface area contributed by atoms with Crippen LogP contribution in [0.3, 0.4) is 0 Å². The highest BCUT2D eigenvalue weighted by Crippen LogP contribution is 2.40. The number of aromatic amines is 1. The number of amides is 1. The van der Waals surface area contributed by atoms with Crippen LogP contribution in [0.25, 0.3) is 5.76 Å². The van der Waals surface area contributed by atoms with Crippen LogP contribution in [0.4, 0.5) is 0 Å². The number of aliphatic hydroxyl groups is 1. The minimum Gasteiger partial charge on any atom is -0.507 e. The number of likely N-dealkylation sites (tertiary alicyclic amines) is 1. The van der Waals surface area contributed by atoms with Crippen molar-refractivity contribution < 1.29 is 19.4 Å². The molecule has 2 fully saturated rings. The van der Waals surface area contributed by atoms with Crippen molar-refractivity contribution in [2.24, 2.45) is 0 Å². The molecule has 4 rings (SSSR count). The highest BCUT2D eigenvalue weighted by atomic mass is 35.5. The van der Waals surface area contributed by atoms with E-state index in [0.29, 0.717) is 53.8 Å². The lowest BCUT2D eigenvalue weighted by Gasteiger charge is -2.31. The number of hydrogen-bond donors (Lipinski definition) is 2. The molecule has 2 aliphatic heterocycles. The maximum Gasteiger partial charge on any atom is 0.295 e. The Bertz CT molecular complexity index is 1010. The van der Waals surface area contributed by atoms with Crippen molar-refractivity contribution in [3.05, 3.63) is 57.4 Å². The third-order valence-electron chi connectivity index (χ3n) is 5.85. The zero-order valence-corrected chi connectivity index (χ0v) is 18.3. The van der Waals surface area contributed by atoms with Gasteiger partial charge in [-0.05, 0) is 31.5 Å². The first-order chi connectivity index (χ1) is 14.9. The molecule has 1 atom stereocenters. The van der Waals surface area contributed by atoms with Crippen molar-refractivity contribution in [2.75, 3.05) is 39.4 Å². The lowest BCUT2D eigenvalue weighted by Crippen LogP contribution is -2.42. The molecule has 31 heavy (non-hydrogen) atoms. The van der Waals surface area contributed by atoms with Crippen LogP contribution in [0, 0.1) is 13.8 Å². The van der Waals surface area contributed by atoms with Gasteiger partial charge >= 0.3 is 0 Å². The van der Waals surface area contributed by atoms with E-state index < -0.39 is 17.7 Å². The minimum atomic E-state index is -0.702. The van der Waals surface area contributed by atoms with E-state index >= 15 is 0 Å². The van der Waals surface area contributed by atoms with Crippen LogP contribution >= 0.6 is 11.6 Å². The Labute approximate surface area is 185 Å². The van der Waals surface area contributed by atoms with Crippen LogP contribution in [-0.4, -0.2) is 76.2 Å². The van der Waals surface area contributed by atoms with Gasteiger partial charge in [-0.1, -0.05) is 23.7 Å². The molecule has 1 amide bonds. The molecular formula is C22H25ClN4O4. The van der Waals surface area contributed by atoms with Crippen molar-refractivity contribution in [1.29, 1.82) is 0 Å². The van der Waals surface area contributed by atoms with E-state index in [1.807, 2.05) is 0 Å². The topological polar surface area (TPSA) is 98.8 Å². The second kappa shape index (κ2) is 8.82. The number of ketones is 1. The standard InChI is InChI=1S/C22H25ClN4O4/c1-13-17(14(2)25-24-13)20(28)18-19(15-3-5-16(23)6-4-15)27(22(30)21(18)29)8-7-26-9-11-31-12-10-26/h3-6,19,28H,7-12H2,1-2H3,(H,24,25)/t19-/m1/s1. The van der Waals surface area contributed by atoms with Crippen molar-refractivity contribution in [1.82, 2.24) is 20.0 Å². The van der Waals surface area contributed by atoms with Gasteiger partial charge in [-0.25, -0.2) is 0 Å². The predicted molar refractivity (Wildman–Crippen MR) is 116 cm³/mol. The molecule has 1 aromatic heterocycles. The zero-order valence-electron chi connectivity index (χ0n) is 17.5. The van der Waals surface area contributed by atoms with Crippen LogP contribution in [0.1, 0.15) is 28.6 Å². The molecule has 1 aromatic carbocycles. The summed E-state index contributed by atoms with van der Waals surface area (Å²) in [5, 5.41) is 18.6. The van der Waals surface area contributed by atoms with Crippen LogP contribution in [0.5, 0.6) is 0 Å². The van der Waals surface area contributed by atoms with Crippen LogP contribution in [0.15, 0.2) is 29.8 Å². The predicted octanol–water partition coefficient (Wildman–Crippen LogP) is 2.43. The number of benzene rings is 1. The fourth-order valence-corrected chi connectivity index (χ4v) is 4.34. The van der Waals surface area contributed by atoms with Gasteiger partial charge in [-0.3, -0.25) is 19.6 Å². The quantitative estimate of drug-likeness (QED) is 0.417. The van der Waals surface area contributed by atoms with Crippen molar-refractivity contribution in [2.45, 2.75) is 19.9 Å². The number of hydrogen-bond acceptors (Lipinski definition) is 6. The third kappa shape index (κ3) is 4.11. The normalized spacial score (nSPS) is 21.8. The average Bonchev–Trinajstić information content (AvgIpc) is 3.23. The number of carbonyl (C=O) groups is 2. The van der Waals surface area contributed by atoms with Gasteiger partial charge in [0.1, 0.15) is 5.76 Å². The van der Waals surface area contributed by atoms with Gasteiger partial charge in [-0.15, -0.1) is 0 Å². The molecule has 2 saturated heterocycles. The number of carbonyl (C=O) groups excluding carboxylic acids is 2. The maximum absolute atomic E-state index is 13.1. The second-order valence-electron chi connectivity index (χ2n) is 7.81. The van der Waals surface area contributed by atoms with E-state index in [4.69, 9.17) is 16.3 Å². The van der Waals surface area contributed by atoms with Crippen molar-refractivity contribution >= 4 is 29.1 Å². The Morgan fingerprint density at radius 2 is 1.87 bits per heavy atom. The molecule has 0 radical (unpaired) electrons. The van der Waals surface area contributed by atoms with E-state index in [9.17, 15) is 14.7 Å². The molecule has 2 aromatic rings. The monoisotopic (exact) mass is 444 g/mol. The molecule has 2 aliphatic rings. The number of rotatable bonds is 5. The summed E-state index contributed by atoms with van der Waals surface area (Å²) in [5.74, 6) is -1.52. The average molecular weight is 445 g/mol. The highest BCUT2D eigenvalue weighted by molar-refractivity contribution is 6.46. The molecule has 0 spiro atoms. The van der Waals surface area contributed by atoms with E-state index in [0.717, 1.165) is 13.1 Å². The summed E-state index contributed by atoms with van der Waals surface area (Å²) >= 11 is 6.06. The van der Waals surface area contributed by atoms with Crippen molar-refractivity contribution in [3.8, 4) is 0 Å². The minimum absolute atomic E-state index is 0.0712. The molecule has 9 heteroatoms. The van der Waals surface area contributed by atoms with Crippen molar-refractivity contribution in [3.63, 3.8) is 0 Å². The molecular weight excluding hydrogens is 420 g/mol. The summed E-state index contributed by atoms with van der Waals surface area (Å²) in [6.07, 6.45) is 0. The number of aromatic nitrogens is 2. The molecule has 0 unspecified atom stereocenters. The Hall–Kier alpha value is -2.68. The number of H-pyrrole nitrogens is 1. The number of morpholine rings is 1. The fourth-order valence-electron chi connectivity index (χ4n) is 4.21. The van der Waals surface area contributed by atoms with Gasteiger partial charge in [0, 0.05) is 36.9 Å². The molecule has 0 saturated carbocycles. The second-order valence-corrected chi connectivity index (χ2v) is 8.24. The van der Waals surface area contributed by atoms with Gasteiger partial charge < -0.3 is 14.7 Å². The molecule has 2 N–H and O–H groups in total. The Morgan fingerprint density at radius 1 is 1.19 bits per heavy atom. The SMILES string of the molecule is Cc1n[nH]c(C)c1C(O)=C1C(=O)C(=O)N(CCN2CCOCC2)[C@@H]1c1ccc(Cl)cc1. The summed E-state index contributed by atoms with van der Waals surface area (Å²) in [6, 6.07) is 6.29. The van der Waals surface area contributed by atoms with E-state index in [2.05, 4.69) is 15.1 Å². The zero-order chi connectivity index (χ0) is 22.1. The number of nitrogens with zero attached hydrogens (tertiary/aromatic N) is 3. The van der Waals surface area contributed by atoms with Gasteiger partial charge in [0.05, 0.1) is 36.1 Å². The highest BCUT2D eigenvalue weighted by Gasteiger charge is 2.46. The molecule has 164 valence electrons. The number of nitrogens with one attached hydrogen (secondary N) is 1. The first kappa shape index (κ1) is 21.5. The smallest absolute Gasteiger partial charge is 0.295 e. The number of aryl methyl sites for hydroxylation is 2. The summed E-state index contributed by atoms with van der Waals surface area (Å²) < 4.78 is 5.39. The molecule has 0 bridgehead atoms. The Balaban J connectivity index is 1.75. The van der Waals surface area contributed by atoms with E-state index in [1.165, 1.54) is 4.90 Å². The van der Waals surface area contributed by atoms with Crippen LogP contribution in [0.2, 0.25) is 5.02 Å². The first-order valence-corrected chi connectivity index (χ1v) is 10.6. The largest absolute Gasteiger partial charge is 0.507 e. The molecule has 0 aliphatic carbocycles. The fraction of sp³-hybridized carbons (Fsp3) is 0.409. The number of aliphatic hydroxyl groups excluding tert-OH is 1. The Kier molecular flexibility index (Phi) is 6.13. The summed E-state index contributed by atoms with van der Waals surface area (Å²) in [5.41, 5.74) is 2.42. The number of Topliss-reactive ketones (excluding diaryl/α,β-unsaturated/α-hetero) is 1. The summed E-state index contributed by atoms with van der Waals surface area (Å²) in [7, 11) is 0.